The number of thioether (sulfide) groups is 1. The minimum absolute atomic E-state index is 0.156. The van der Waals surface area contributed by atoms with E-state index in [1.807, 2.05) is 0 Å². The summed E-state index contributed by atoms with van der Waals surface area (Å²) in [5.41, 5.74) is 0.463. The van der Waals surface area contributed by atoms with Gasteiger partial charge in [0.15, 0.2) is 0 Å². The molecule has 1 aromatic carbocycles. The Morgan fingerprint density at radius 2 is 2.04 bits per heavy atom. The van der Waals surface area contributed by atoms with Crippen molar-refractivity contribution in [1.82, 2.24) is 10.2 Å². The van der Waals surface area contributed by atoms with Gasteiger partial charge in [0.25, 0.3) is 11.1 Å². The van der Waals surface area contributed by atoms with Crippen molar-refractivity contribution < 1.29 is 23.9 Å². The topological polar surface area (TPSA) is 84.9 Å². The summed E-state index contributed by atoms with van der Waals surface area (Å²) in [6.07, 6.45) is 2.11. The molecule has 1 saturated heterocycles. The van der Waals surface area contributed by atoms with Crippen LogP contribution in [0.25, 0.3) is 6.08 Å². The van der Waals surface area contributed by atoms with Crippen LogP contribution in [0.15, 0.2) is 17.0 Å². The summed E-state index contributed by atoms with van der Waals surface area (Å²) < 4.78 is 10.1. The summed E-state index contributed by atoms with van der Waals surface area (Å²) in [6, 6.07) is 3.09. The number of hydrogen-bond acceptors (Lipinski definition) is 6. The third kappa shape index (κ3) is 5.62. The van der Waals surface area contributed by atoms with Gasteiger partial charge in [0.2, 0.25) is 5.91 Å². The number of hydrogen-bond donors (Lipinski definition) is 1. The quantitative estimate of drug-likeness (QED) is 0.501. The number of methoxy groups -OCH3 is 2. The average molecular weight is 433 g/mol. The monoisotopic (exact) mass is 432 g/mol. The standard InChI is InChI=1S/C17H18Cl2N2O5S/c1-25-5-3-4-20-14(22)9-21-16(23)13(27-17(21)24)7-10-6-11(18)8-12(19)15(10)26-2/h6-8H,3-5,9H2,1-2H3,(H,20,22)/b13-7-. The number of rotatable bonds is 8. The largest absolute Gasteiger partial charge is 0.495 e. The Bertz CT molecular complexity index is 785. The molecule has 0 unspecified atom stereocenters. The lowest BCUT2D eigenvalue weighted by Crippen LogP contribution is -2.39. The Hall–Kier alpha value is -1.74. The molecule has 2 rings (SSSR count). The van der Waals surface area contributed by atoms with Crippen LogP contribution in [-0.4, -0.2) is 55.9 Å². The predicted octanol–water partition coefficient (Wildman–Crippen LogP) is 3.19. The van der Waals surface area contributed by atoms with Crippen LogP contribution >= 0.6 is 35.0 Å². The normalized spacial score (nSPS) is 15.6. The first kappa shape index (κ1) is 21.6. The summed E-state index contributed by atoms with van der Waals surface area (Å²) in [6.45, 7) is 0.563. The summed E-state index contributed by atoms with van der Waals surface area (Å²) in [7, 11) is 3.00. The minimum Gasteiger partial charge on any atom is -0.495 e. The molecule has 0 aliphatic carbocycles. The number of imide groups is 1. The minimum atomic E-state index is -0.560. The van der Waals surface area contributed by atoms with E-state index < -0.39 is 17.1 Å². The number of ether oxygens (including phenoxy) is 2. The average Bonchev–Trinajstić information content (AvgIpc) is 2.86. The molecule has 0 atom stereocenters. The van der Waals surface area contributed by atoms with Crippen LogP contribution in [0.2, 0.25) is 10.0 Å². The van der Waals surface area contributed by atoms with Crippen molar-refractivity contribution in [3.8, 4) is 5.75 Å². The van der Waals surface area contributed by atoms with Crippen LogP contribution in [0.4, 0.5) is 4.79 Å². The van der Waals surface area contributed by atoms with Crippen molar-refractivity contribution in [2.45, 2.75) is 6.42 Å². The van der Waals surface area contributed by atoms with E-state index in [1.54, 1.807) is 13.2 Å². The van der Waals surface area contributed by atoms with Crippen molar-refractivity contribution in [3.63, 3.8) is 0 Å². The second kappa shape index (κ2) is 9.98. The van der Waals surface area contributed by atoms with Gasteiger partial charge in [-0.1, -0.05) is 23.2 Å². The number of benzene rings is 1. The van der Waals surface area contributed by atoms with Gasteiger partial charge in [-0.05, 0) is 36.4 Å². The van der Waals surface area contributed by atoms with Gasteiger partial charge in [0, 0.05) is 30.8 Å². The van der Waals surface area contributed by atoms with E-state index in [0.29, 0.717) is 35.9 Å². The zero-order chi connectivity index (χ0) is 20.0. The van der Waals surface area contributed by atoms with E-state index >= 15 is 0 Å². The zero-order valence-electron chi connectivity index (χ0n) is 14.7. The fraction of sp³-hybridized carbons (Fsp3) is 0.353. The van der Waals surface area contributed by atoms with E-state index in [-0.39, 0.29) is 16.5 Å². The van der Waals surface area contributed by atoms with Crippen LogP contribution in [-0.2, 0) is 14.3 Å². The lowest BCUT2D eigenvalue weighted by molar-refractivity contribution is -0.129. The molecule has 10 heteroatoms. The van der Waals surface area contributed by atoms with Crippen LogP contribution < -0.4 is 10.1 Å². The van der Waals surface area contributed by atoms with E-state index in [0.717, 1.165) is 16.7 Å². The van der Waals surface area contributed by atoms with E-state index in [1.165, 1.54) is 19.3 Å². The molecule has 1 aliphatic heterocycles. The molecule has 7 nitrogen and oxygen atoms in total. The third-order valence-electron chi connectivity index (χ3n) is 3.55. The predicted molar refractivity (Wildman–Crippen MR) is 105 cm³/mol. The van der Waals surface area contributed by atoms with Crippen LogP contribution in [0.1, 0.15) is 12.0 Å². The number of nitrogens with zero attached hydrogens (tertiary/aromatic N) is 1. The van der Waals surface area contributed by atoms with Crippen LogP contribution in [0.5, 0.6) is 5.75 Å². The summed E-state index contributed by atoms with van der Waals surface area (Å²) in [4.78, 5) is 37.6. The molecule has 0 radical (unpaired) electrons. The molecule has 0 spiro atoms. The highest BCUT2D eigenvalue weighted by Gasteiger charge is 2.36. The van der Waals surface area contributed by atoms with Crippen LogP contribution in [0.3, 0.4) is 0 Å². The van der Waals surface area contributed by atoms with Gasteiger partial charge in [-0.2, -0.15) is 0 Å². The Kier molecular flexibility index (Phi) is 7.97. The number of nitrogens with one attached hydrogen (secondary N) is 1. The van der Waals surface area contributed by atoms with Gasteiger partial charge in [-0.15, -0.1) is 0 Å². The first-order valence-electron chi connectivity index (χ1n) is 7.91. The van der Waals surface area contributed by atoms with Crippen molar-refractivity contribution >= 4 is 58.1 Å². The molecular formula is C17H18Cl2N2O5S. The van der Waals surface area contributed by atoms with Gasteiger partial charge >= 0.3 is 0 Å². The molecule has 0 bridgehead atoms. The molecular weight excluding hydrogens is 415 g/mol. The van der Waals surface area contributed by atoms with Gasteiger partial charge in [-0.3, -0.25) is 19.3 Å². The fourth-order valence-corrected chi connectivity index (χ4v) is 3.74. The fourth-order valence-electron chi connectivity index (χ4n) is 2.32. The highest BCUT2D eigenvalue weighted by atomic mass is 35.5. The van der Waals surface area contributed by atoms with E-state index in [9.17, 15) is 14.4 Å². The Morgan fingerprint density at radius 1 is 1.30 bits per heavy atom. The lowest BCUT2D eigenvalue weighted by Gasteiger charge is -2.12. The Morgan fingerprint density at radius 3 is 2.70 bits per heavy atom. The molecule has 1 aromatic rings. The molecule has 0 aromatic heterocycles. The summed E-state index contributed by atoms with van der Waals surface area (Å²) in [5.74, 6) is -0.642. The molecule has 0 saturated carbocycles. The van der Waals surface area contributed by atoms with Crippen molar-refractivity contribution in [2.75, 3.05) is 33.9 Å². The summed E-state index contributed by atoms with van der Waals surface area (Å²) in [5, 5.41) is 2.76. The van der Waals surface area contributed by atoms with Gasteiger partial charge in [-0.25, -0.2) is 0 Å². The first-order valence-corrected chi connectivity index (χ1v) is 9.48. The maximum absolute atomic E-state index is 12.5. The molecule has 1 fully saturated rings. The number of carbonyl (C=O) groups excluding carboxylic acids is 3. The highest BCUT2D eigenvalue weighted by molar-refractivity contribution is 8.18. The maximum atomic E-state index is 12.5. The Balaban J connectivity index is 2.12. The molecule has 146 valence electrons. The maximum Gasteiger partial charge on any atom is 0.294 e. The van der Waals surface area contributed by atoms with E-state index in [2.05, 4.69) is 5.32 Å². The molecule has 1 heterocycles. The van der Waals surface area contributed by atoms with Gasteiger partial charge in [0.1, 0.15) is 12.3 Å². The number of halogens is 2. The second-order valence-electron chi connectivity index (χ2n) is 5.47. The van der Waals surface area contributed by atoms with Crippen molar-refractivity contribution in [1.29, 1.82) is 0 Å². The summed E-state index contributed by atoms with van der Waals surface area (Å²) >= 11 is 12.8. The van der Waals surface area contributed by atoms with E-state index in [4.69, 9.17) is 32.7 Å². The number of amides is 3. The zero-order valence-corrected chi connectivity index (χ0v) is 17.0. The third-order valence-corrected chi connectivity index (χ3v) is 4.96. The first-order chi connectivity index (χ1) is 12.9. The smallest absolute Gasteiger partial charge is 0.294 e. The van der Waals surface area contributed by atoms with Crippen LogP contribution in [0, 0.1) is 0 Å². The van der Waals surface area contributed by atoms with Gasteiger partial charge in [0.05, 0.1) is 17.0 Å². The SMILES string of the molecule is COCCCNC(=O)CN1C(=O)S/C(=C\c2cc(Cl)cc(Cl)c2OC)C1=O. The second-order valence-corrected chi connectivity index (χ2v) is 7.31. The highest BCUT2D eigenvalue weighted by Crippen LogP contribution is 2.37. The molecule has 27 heavy (non-hydrogen) atoms. The molecule has 1 aliphatic rings. The van der Waals surface area contributed by atoms with Gasteiger partial charge < -0.3 is 14.8 Å². The Labute approximate surface area is 171 Å². The molecule has 3 amide bonds. The van der Waals surface area contributed by atoms with Crippen molar-refractivity contribution in [2.24, 2.45) is 0 Å². The molecule has 1 N–H and O–H groups in total. The van der Waals surface area contributed by atoms with Crippen molar-refractivity contribution in [3.05, 3.63) is 32.6 Å². The number of carbonyl (C=O) groups is 3. The lowest BCUT2D eigenvalue weighted by atomic mass is 10.2.